The zero-order valence-corrected chi connectivity index (χ0v) is 14.2. The fraction of sp³-hybridized carbons (Fsp3) is 0.273. The van der Waals surface area contributed by atoms with Gasteiger partial charge in [-0.1, -0.05) is 60.7 Å². The number of hydrogen-bond acceptors (Lipinski definition) is 2. The summed E-state index contributed by atoms with van der Waals surface area (Å²) in [5.41, 5.74) is 3.01. The molecule has 0 saturated carbocycles. The zero-order valence-electron chi connectivity index (χ0n) is 16.2. The van der Waals surface area contributed by atoms with Gasteiger partial charge in [-0.2, -0.15) is 0 Å². The van der Waals surface area contributed by atoms with Crippen LogP contribution in [0.1, 0.15) is 33.6 Å². The summed E-state index contributed by atoms with van der Waals surface area (Å²) < 4.78 is 29.8. The number of allylic oxidation sites excluding steroid dienone is 2. The highest BCUT2D eigenvalue weighted by atomic mass is 16.5. The molecule has 124 valence electrons. The van der Waals surface area contributed by atoms with Gasteiger partial charge in [0.1, 0.15) is 5.76 Å². The minimum absolute atomic E-state index is 0.267. The van der Waals surface area contributed by atoms with E-state index in [2.05, 4.69) is 0 Å². The Morgan fingerprint density at radius 3 is 2.25 bits per heavy atom. The van der Waals surface area contributed by atoms with Crippen molar-refractivity contribution < 1.29 is 12.2 Å². The molecular weight excluding hydrogens is 296 g/mol. The van der Waals surface area contributed by atoms with Crippen molar-refractivity contribution in [2.24, 2.45) is 0 Å². The molecule has 0 amide bonds. The molecule has 0 aromatic heterocycles. The summed E-state index contributed by atoms with van der Waals surface area (Å²) in [7, 11) is 0. The lowest BCUT2D eigenvalue weighted by Gasteiger charge is -2.20. The molecule has 0 fully saturated rings. The van der Waals surface area contributed by atoms with Crippen molar-refractivity contribution in [3.63, 3.8) is 0 Å². The molecule has 24 heavy (non-hydrogen) atoms. The Hall–Kier alpha value is -2.32. The van der Waals surface area contributed by atoms with E-state index in [0.29, 0.717) is 30.1 Å². The van der Waals surface area contributed by atoms with Gasteiger partial charge in [0.2, 0.25) is 0 Å². The van der Waals surface area contributed by atoms with E-state index in [1.54, 1.807) is 0 Å². The van der Waals surface area contributed by atoms with Crippen LogP contribution in [0.2, 0.25) is 0 Å². The van der Waals surface area contributed by atoms with Crippen LogP contribution in [0.25, 0.3) is 5.57 Å². The molecule has 1 atom stereocenters. The molecule has 1 aliphatic rings. The molecule has 0 N–H and O–H groups in total. The van der Waals surface area contributed by atoms with Crippen molar-refractivity contribution >= 4 is 5.57 Å². The SMILES string of the molecule is [2H]C1=C(c2ccccc2)C([2H])(c2ccccc2)C(COCC)=C1OCC. The fourth-order valence-electron chi connectivity index (χ4n) is 2.87. The predicted molar refractivity (Wildman–Crippen MR) is 98.7 cm³/mol. The lowest BCUT2D eigenvalue weighted by molar-refractivity contribution is 0.160. The molecule has 2 aromatic carbocycles. The standard InChI is InChI=1S/C22H24O2/c1-3-23-16-20-21(24-4-2)15-19(17-11-7-5-8-12-17)22(20)18-13-9-6-10-14-18/h5-15,22H,3-4,16H2,1-2H3/i15D,22D. The molecule has 3 rings (SSSR count). The van der Waals surface area contributed by atoms with Crippen LogP contribution < -0.4 is 0 Å². The minimum atomic E-state index is -1.21. The quantitative estimate of drug-likeness (QED) is 0.698. The topological polar surface area (TPSA) is 18.5 Å². The molecule has 2 aromatic rings. The second-order valence-electron chi connectivity index (χ2n) is 5.48. The third-order valence-electron chi connectivity index (χ3n) is 3.93. The van der Waals surface area contributed by atoms with Crippen molar-refractivity contribution in [3.8, 4) is 0 Å². The molecule has 0 bridgehead atoms. The maximum absolute atomic E-state index is 9.50. The Morgan fingerprint density at radius 1 is 0.958 bits per heavy atom. The molecule has 1 unspecified atom stereocenters. The van der Waals surface area contributed by atoms with Crippen molar-refractivity contribution in [2.75, 3.05) is 19.8 Å². The highest BCUT2D eigenvalue weighted by Crippen LogP contribution is 2.45. The molecule has 0 radical (unpaired) electrons. The molecule has 0 saturated heterocycles. The van der Waals surface area contributed by atoms with Gasteiger partial charge in [-0.3, -0.25) is 0 Å². The van der Waals surface area contributed by atoms with E-state index in [4.69, 9.17) is 10.8 Å². The van der Waals surface area contributed by atoms with Crippen molar-refractivity contribution in [3.05, 3.63) is 89.2 Å². The Morgan fingerprint density at radius 2 is 1.62 bits per heavy atom. The lowest BCUT2D eigenvalue weighted by atomic mass is 9.85. The van der Waals surface area contributed by atoms with Crippen molar-refractivity contribution in [2.45, 2.75) is 19.7 Å². The molecule has 0 spiro atoms. The monoisotopic (exact) mass is 322 g/mol. The summed E-state index contributed by atoms with van der Waals surface area (Å²) in [5, 5.41) is 0. The normalized spacial score (nSPS) is 21.8. The maximum Gasteiger partial charge on any atom is 0.122 e. The second-order valence-corrected chi connectivity index (χ2v) is 5.48. The largest absolute Gasteiger partial charge is 0.494 e. The summed E-state index contributed by atoms with van der Waals surface area (Å²) in [6.07, 6.45) is 0. The third-order valence-corrected chi connectivity index (χ3v) is 3.93. The van der Waals surface area contributed by atoms with Crippen LogP contribution in [0.4, 0.5) is 0 Å². The van der Waals surface area contributed by atoms with Crippen LogP contribution in [0, 0.1) is 0 Å². The van der Waals surface area contributed by atoms with Gasteiger partial charge in [0.15, 0.2) is 0 Å². The van der Waals surface area contributed by atoms with E-state index in [-0.39, 0.29) is 12.7 Å². The van der Waals surface area contributed by atoms with E-state index in [1.807, 2.05) is 74.5 Å². The minimum Gasteiger partial charge on any atom is -0.494 e. The van der Waals surface area contributed by atoms with E-state index in [1.165, 1.54) is 0 Å². The van der Waals surface area contributed by atoms with Crippen LogP contribution >= 0.6 is 0 Å². The summed E-state index contributed by atoms with van der Waals surface area (Å²) in [5.74, 6) is -0.738. The maximum atomic E-state index is 9.50. The molecule has 1 aliphatic carbocycles. The van der Waals surface area contributed by atoms with E-state index >= 15 is 0 Å². The van der Waals surface area contributed by atoms with Gasteiger partial charge in [0.05, 0.1) is 14.6 Å². The molecule has 2 nitrogen and oxygen atoms in total. The first kappa shape index (κ1) is 14.1. The molecule has 0 aliphatic heterocycles. The fourth-order valence-corrected chi connectivity index (χ4v) is 2.87. The molecule has 2 heteroatoms. The Labute approximate surface area is 147 Å². The number of rotatable bonds is 7. The van der Waals surface area contributed by atoms with E-state index in [9.17, 15) is 1.37 Å². The lowest BCUT2D eigenvalue weighted by Crippen LogP contribution is -2.09. The highest BCUT2D eigenvalue weighted by molar-refractivity contribution is 5.80. The average Bonchev–Trinajstić information content (AvgIpc) is 2.89. The second kappa shape index (κ2) is 7.98. The van der Waals surface area contributed by atoms with Crippen molar-refractivity contribution in [1.82, 2.24) is 0 Å². The van der Waals surface area contributed by atoms with Gasteiger partial charge < -0.3 is 9.47 Å². The van der Waals surface area contributed by atoms with Crippen LogP contribution in [-0.4, -0.2) is 19.8 Å². The van der Waals surface area contributed by atoms with E-state index in [0.717, 1.165) is 11.1 Å². The Balaban J connectivity index is 2.25. The van der Waals surface area contributed by atoms with E-state index < -0.39 is 5.89 Å². The van der Waals surface area contributed by atoms with Crippen LogP contribution in [0.15, 0.2) is 78.0 Å². The highest BCUT2D eigenvalue weighted by Gasteiger charge is 2.31. The summed E-state index contributed by atoms with van der Waals surface area (Å²) >= 11 is 0. The van der Waals surface area contributed by atoms with Crippen LogP contribution in [-0.2, 0) is 9.47 Å². The number of benzene rings is 2. The van der Waals surface area contributed by atoms with Crippen LogP contribution in [0.3, 0.4) is 0 Å². The average molecular weight is 322 g/mol. The Kier molecular flexibility index (Phi) is 4.68. The van der Waals surface area contributed by atoms with Gasteiger partial charge in [0.25, 0.3) is 0 Å². The first-order chi connectivity index (χ1) is 12.6. The first-order valence-electron chi connectivity index (χ1n) is 9.41. The van der Waals surface area contributed by atoms with Gasteiger partial charge in [-0.05, 0) is 36.6 Å². The smallest absolute Gasteiger partial charge is 0.122 e. The Bertz CT molecular complexity index is 813. The van der Waals surface area contributed by atoms with Crippen LogP contribution in [0.5, 0.6) is 0 Å². The van der Waals surface area contributed by atoms with Gasteiger partial charge in [-0.25, -0.2) is 0 Å². The zero-order chi connectivity index (χ0) is 18.6. The molecule has 0 heterocycles. The predicted octanol–water partition coefficient (Wildman–Crippen LogP) is 5.19. The van der Waals surface area contributed by atoms with Gasteiger partial charge in [-0.15, -0.1) is 0 Å². The summed E-state index contributed by atoms with van der Waals surface area (Å²) in [4.78, 5) is 0. The third kappa shape index (κ3) is 3.44. The summed E-state index contributed by atoms with van der Waals surface area (Å²) in [6, 6.07) is 19.6. The number of ether oxygens (including phenoxy) is 2. The van der Waals surface area contributed by atoms with Crippen molar-refractivity contribution in [1.29, 1.82) is 0 Å². The first-order valence-corrected chi connectivity index (χ1v) is 8.41. The molecular formula is C22H24O2. The number of hydrogen-bond donors (Lipinski definition) is 0. The summed E-state index contributed by atoms with van der Waals surface area (Å²) in [6.45, 7) is 5.08. The van der Waals surface area contributed by atoms with Gasteiger partial charge in [0, 0.05) is 19.4 Å². The van der Waals surface area contributed by atoms with Gasteiger partial charge >= 0.3 is 0 Å².